The highest BCUT2D eigenvalue weighted by Crippen LogP contribution is 2.19. The van der Waals surface area contributed by atoms with E-state index in [0.717, 1.165) is 37.6 Å². The number of anilines is 1. The molecule has 19 heavy (non-hydrogen) atoms. The quantitative estimate of drug-likeness (QED) is 0.575. The van der Waals surface area contributed by atoms with Crippen LogP contribution in [0.1, 0.15) is 44.4 Å². The molecule has 0 radical (unpaired) electrons. The molecule has 0 atom stereocenters. The van der Waals surface area contributed by atoms with Crippen LogP contribution in [0.3, 0.4) is 0 Å². The molecule has 106 valence electrons. The van der Waals surface area contributed by atoms with Crippen molar-refractivity contribution in [2.45, 2.75) is 39.7 Å². The van der Waals surface area contributed by atoms with Gasteiger partial charge in [0.25, 0.3) is 0 Å². The maximum atomic E-state index is 4.73. The van der Waals surface area contributed by atoms with Crippen LogP contribution in [0, 0.1) is 0 Å². The lowest BCUT2D eigenvalue weighted by atomic mass is 10.1. The number of rotatable bonds is 8. The van der Waals surface area contributed by atoms with Gasteiger partial charge in [0.15, 0.2) is 0 Å². The van der Waals surface area contributed by atoms with Crippen molar-refractivity contribution >= 4 is 5.82 Å². The number of hydrogen-bond acceptors (Lipinski definition) is 3. The highest BCUT2D eigenvalue weighted by Gasteiger charge is 2.08. The maximum Gasteiger partial charge on any atom is 0.129 e. The van der Waals surface area contributed by atoms with Gasteiger partial charge in [0.05, 0.1) is 0 Å². The fourth-order valence-electron chi connectivity index (χ4n) is 1.88. The highest BCUT2D eigenvalue weighted by atomic mass is 15.2. The second-order valence-electron chi connectivity index (χ2n) is 5.26. The van der Waals surface area contributed by atoms with Gasteiger partial charge in [-0.15, -0.1) is 6.58 Å². The van der Waals surface area contributed by atoms with E-state index in [4.69, 9.17) is 4.98 Å². The number of pyridine rings is 1. The number of nitrogens with zero attached hydrogens (tertiary/aromatic N) is 2. The second-order valence-corrected chi connectivity index (χ2v) is 5.26. The molecule has 3 nitrogen and oxygen atoms in total. The van der Waals surface area contributed by atoms with Gasteiger partial charge in [-0.25, -0.2) is 4.98 Å². The van der Waals surface area contributed by atoms with Crippen molar-refractivity contribution in [1.82, 2.24) is 10.3 Å². The molecule has 1 aromatic heterocycles. The first-order valence-corrected chi connectivity index (χ1v) is 7.12. The van der Waals surface area contributed by atoms with Gasteiger partial charge in [-0.1, -0.05) is 26.8 Å². The lowest BCUT2D eigenvalue weighted by molar-refractivity contribution is 0.672. The molecule has 0 saturated heterocycles. The molecule has 1 aromatic rings. The predicted molar refractivity (Wildman–Crippen MR) is 83.8 cm³/mol. The summed E-state index contributed by atoms with van der Waals surface area (Å²) in [6.07, 6.45) is 3.06. The topological polar surface area (TPSA) is 28.2 Å². The minimum Gasteiger partial charge on any atom is -0.356 e. The summed E-state index contributed by atoms with van der Waals surface area (Å²) in [6, 6.07) is 4.37. The van der Waals surface area contributed by atoms with Crippen molar-refractivity contribution < 1.29 is 0 Å². The summed E-state index contributed by atoms with van der Waals surface area (Å²) >= 11 is 0. The molecule has 0 amide bonds. The van der Waals surface area contributed by atoms with E-state index in [1.165, 1.54) is 5.56 Å². The van der Waals surface area contributed by atoms with Crippen LogP contribution >= 0.6 is 0 Å². The van der Waals surface area contributed by atoms with Gasteiger partial charge in [0, 0.05) is 25.8 Å². The molecule has 0 aromatic carbocycles. The van der Waals surface area contributed by atoms with Gasteiger partial charge < -0.3 is 10.2 Å². The van der Waals surface area contributed by atoms with Crippen molar-refractivity contribution in [3.05, 3.63) is 36.0 Å². The fourth-order valence-corrected chi connectivity index (χ4v) is 1.88. The maximum absolute atomic E-state index is 4.73. The highest BCUT2D eigenvalue weighted by molar-refractivity contribution is 5.43. The normalized spacial score (nSPS) is 10.8. The summed E-state index contributed by atoms with van der Waals surface area (Å²) in [5, 5.41) is 3.45. The molecule has 0 spiro atoms. The molecule has 0 aliphatic heterocycles. The largest absolute Gasteiger partial charge is 0.356 e. The average Bonchev–Trinajstić information content (AvgIpc) is 2.39. The molecular weight excluding hydrogens is 234 g/mol. The Morgan fingerprint density at radius 2 is 2.16 bits per heavy atom. The van der Waals surface area contributed by atoms with E-state index in [-0.39, 0.29) is 0 Å². The molecular formula is C16H27N3. The van der Waals surface area contributed by atoms with E-state index in [2.05, 4.69) is 56.7 Å². The van der Waals surface area contributed by atoms with E-state index in [0.29, 0.717) is 5.92 Å². The summed E-state index contributed by atoms with van der Waals surface area (Å²) in [7, 11) is 2.05. The third-order valence-corrected chi connectivity index (χ3v) is 3.03. The monoisotopic (exact) mass is 261 g/mol. The molecule has 0 aliphatic carbocycles. The van der Waals surface area contributed by atoms with Crippen LogP contribution in [0.25, 0.3) is 0 Å². The fraction of sp³-hybridized carbons (Fsp3) is 0.562. The smallest absolute Gasteiger partial charge is 0.129 e. The van der Waals surface area contributed by atoms with Gasteiger partial charge in [0.1, 0.15) is 5.82 Å². The Bertz CT molecular complexity index is 399. The molecule has 0 saturated carbocycles. The van der Waals surface area contributed by atoms with Crippen molar-refractivity contribution in [1.29, 1.82) is 0 Å². The number of nitrogens with one attached hydrogen (secondary N) is 1. The van der Waals surface area contributed by atoms with E-state index >= 15 is 0 Å². The standard InChI is InChI=1S/C16H27N3/c1-6-8-17-12-14-10-15(13(3)4)18-16(11-14)19(5)9-7-2/h7,10-11,13,17H,2,6,8-9,12H2,1,3-5H3. The van der Waals surface area contributed by atoms with Crippen LogP contribution in [0.2, 0.25) is 0 Å². The second kappa shape index (κ2) is 7.95. The van der Waals surface area contributed by atoms with Crippen molar-refractivity contribution in [2.75, 3.05) is 25.0 Å². The summed E-state index contributed by atoms with van der Waals surface area (Å²) in [6.45, 7) is 13.1. The van der Waals surface area contributed by atoms with E-state index in [9.17, 15) is 0 Å². The molecule has 0 aliphatic rings. The SMILES string of the molecule is C=CCN(C)c1cc(CNCCC)cc(C(C)C)n1. The zero-order valence-corrected chi connectivity index (χ0v) is 12.7. The van der Waals surface area contributed by atoms with Gasteiger partial charge in [0.2, 0.25) is 0 Å². The zero-order chi connectivity index (χ0) is 14.3. The number of hydrogen-bond donors (Lipinski definition) is 1. The molecule has 1 N–H and O–H groups in total. The van der Waals surface area contributed by atoms with Crippen molar-refractivity contribution in [3.8, 4) is 0 Å². The van der Waals surface area contributed by atoms with Gasteiger partial charge in [-0.2, -0.15) is 0 Å². The van der Waals surface area contributed by atoms with Gasteiger partial charge in [-0.3, -0.25) is 0 Å². The first kappa shape index (κ1) is 15.7. The third kappa shape index (κ3) is 5.03. The Morgan fingerprint density at radius 1 is 1.42 bits per heavy atom. The summed E-state index contributed by atoms with van der Waals surface area (Å²) < 4.78 is 0. The zero-order valence-electron chi connectivity index (χ0n) is 12.7. The molecule has 3 heteroatoms. The van der Waals surface area contributed by atoms with E-state index in [1.54, 1.807) is 0 Å². The minimum atomic E-state index is 0.446. The molecule has 0 unspecified atom stereocenters. The van der Waals surface area contributed by atoms with Crippen molar-refractivity contribution in [2.24, 2.45) is 0 Å². The average molecular weight is 261 g/mol. The van der Waals surface area contributed by atoms with Crippen molar-refractivity contribution in [3.63, 3.8) is 0 Å². The van der Waals surface area contributed by atoms with Crippen LogP contribution in [0.4, 0.5) is 5.82 Å². The molecule has 1 heterocycles. The first-order chi connectivity index (χ1) is 9.08. The Labute approximate surface area is 117 Å². The number of aromatic nitrogens is 1. The Balaban J connectivity index is 2.93. The Kier molecular flexibility index (Phi) is 6.57. The Hall–Kier alpha value is -1.35. The number of likely N-dealkylation sites (N-methyl/N-ethyl adjacent to an activating group) is 1. The lowest BCUT2D eigenvalue weighted by Gasteiger charge is -2.19. The van der Waals surface area contributed by atoms with E-state index < -0.39 is 0 Å². The first-order valence-electron chi connectivity index (χ1n) is 7.12. The van der Waals surface area contributed by atoms with Crippen LogP contribution in [-0.2, 0) is 6.54 Å². The molecule has 0 bridgehead atoms. The van der Waals surface area contributed by atoms with Crippen LogP contribution in [-0.4, -0.2) is 25.1 Å². The summed E-state index contributed by atoms with van der Waals surface area (Å²) in [5.41, 5.74) is 2.46. The summed E-state index contributed by atoms with van der Waals surface area (Å²) in [5.74, 6) is 1.47. The van der Waals surface area contributed by atoms with E-state index in [1.807, 2.05) is 6.08 Å². The van der Waals surface area contributed by atoms with Crippen LogP contribution < -0.4 is 10.2 Å². The Morgan fingerprint density at radius 3 is 2.74 bits per heavy atom. The summed E-state index contributed by atoms with van der Waals surface area (Å²) in [4.78, 5) is 6.86. The lowest BCUT2D eigenvalue weighted by Crippen LogP contribution is -2.20. The van der Waals surface area contributed by atoms with Crippen LogP contribution in [0.5, 0.6) is 0 Å². The van der Waals surface area contributed by atoms with Gasteiger partial charge in [-0.05, 0) is 36.6 Å². The minimum absolute atomic E-state index is 0.446. The predicted octanol–water partition coefficient (Wildman–Crippen LogP) is 3.33. The third-order valence-electron chi connectivity index (χ3n) is 3.03. The molecule has 1 rings (SSSR count). The molecule has 0 fully saturated rings. The van der Waals surface area contributed by atoms with Crippen LogP contribution in [0.15, 0.2) is 24.8 Å². The van der Waals surface area contributed by atoms with Gasteiger partial charge >= 0.3 is 0 Å².